The molecule has 0 spiro atoms. The summed E-state index contributed by atoms with van der Waals surface area (Å²) in [4.78, 5) is 49.6. The van der Waals surface area contributed by atoms with Gasteiger partial charge in [-0.2, -0.15) is 0 Å². The van der Waals surface area contributed by atoms with E-state index in [-0.39, 0.29) is 25.3 Å². The first-order valence-corrected chi connectivity index (χ1v) is 11.4. The van der Waals surface area contributed by atoms with Gasteiger partial charge in [-0.1, -0.05) is 48.5 Å². The summed E-state index contributed by atoms with van der Waals surface area (Å²) in [6.45, 7) is 0.545. The fourth-order valence-corrected chi connectivity index (χ4v) is 3.36. The van der Waals surface area contributed by atoms with Crippen molar-refractivity contribution < 1.29 is 19.2 Å². The standard InChI is InChI=1S/C25H33N5O4/c26-15-8-7-13-20(24(33)28-16-14-22(27)31)29-25(34)21(17-18-9-3-1-4-10-18)30-23(32)19-11-5-2-6-12-19/h1-6,9-12,20-21H,7-8,13-17,26H2,(H2,27,31)(H,28,33)(H,29,34)(H,30,32)/t20-,21-/m0/s1. The Labute approximate surface area is 199 Å². The molecule has 9 heteroatoms. The Morgan fingerprint density at radius 1 is 0.794 bits per heavy atom. The SMILES string of the molecule is NCCCC[C@H](NC(=O)[C@H](Cc1ccccc1)NC(=O)c1ccccc1)C(=O)NCCC(N)=O. The summed E-state index contributed by atoms with van der Waals surface area (Å²) in [5, 5.41) is 8.18. The number of nitrogens with one attached hydrogen (secondary N) is 3. The van der Waals surface area contributed by atoms with E-state index in [2.05, 4.69) is 16.0 Å². The van der Waals surface area contributed by atoms with Crippen molar-refractivity contribution in [3.05, 3.63) is 71.8 Å². The van der Waals surface area contributed by atoms with Gasteiger partial charge in [0.25, 0.3) is 5.91 Å². The molecule has 0 fully saturated rings. The molecule has 0 bridgehead atoms. The minimum absolute atomic E-state index is 0.00102. The van der Waals surface area contributed by atoms with Crippen LogP contribution in [-0.2, 0) is 20.8 Å². The third kappa shape index (κ3) is 9.41. The summed E-state index contributed by atoms with van der Waals surface area (Å²) in [7, 11) is 0. The Hall–Kier alpha value is -3.72. The molecule has 2 atom stereocenters. The molecule has 0 radical (unpaired) electrons. The van der Waals surface area contributed by atoms with Crippen LogP contribution in [0, 0.1) is 0 Å². The number of unbranched alkanes of at least 4 members (excludes halogenated alkanes) is 1. The van der Waals surface area contributed by atoms with Gasteiger partial charge in [-0.05, 0) is 43.5 Å². The van der Waals surface area contributed by atoms with Gasteiger partial charge < -0.3 is 27.4 Å². The number of primary amides is 1. The highest BCUT2D eigenvalue weighted by atomic mass is 16.2. The van der Waals surface area contributed by atoms with Gasteiger partial charge in [0.15, 0.2) is 0 Å². The van der Waals surface area contributed by atoms with Crippen LogP contribution in [0.25, 0.3) is 0 Å². The molecule has 0 aliphatic rings. The summed E-state index contributed by atoms with van der Waals surface area (Å²) in [6.07, 6.45) is 1.95. The lowest BCUT2D eigenvalue weighted by Gasteiger charge is -2.23. The summed E-state index contributed by atoms with van der Waals surface area (Å²) in [5.41, 5.74) is 12.0. The number of amides is 4. The summed E-state index contributed by atoms with van der Waals surface area (Å²) >= 11 is 0. The van der Waals surface area contributed by atoms with Crippen molar-refractivity contribution in [2.24, 2.45) is 11.5 Å². The van der Waals surface area contributed by atoms with Gasteiger partial charge >= 0.3 is 0 Å². The van der Waals surface area contributed by atoms with E-state index in [0.29, 0.717) is 31.4 Å². The summed E-state index contributed by atoms with van der Waals surface area (Å²) in [6, 6.07) is 16.2. The second kappa shape index (κ2) is 14.4. The number of hydrogen-bond donors (Lipinski definition) is 5. The van der Waals surface area contributed by atoms with Crippen molar-refractivity contribution in [1.29, 1.82) is 0 Å². The van der Waals surface area contributed by atoms with Gasteiger partial charge in [-0.25, -0.2) is 0 Å². The zero-order chi connectivity index (χ0) is 24.8. The molecular weight excluding hydrogens is 434 g/mol. The van der Waals surface area contributed by atoms with E-state index in [0.717, 1.165) is 5.56 Å². The van der Waals surface area contributed by atoms with Crippen molar-refractivity contribution >= 4 is 23.6 Å². The maximum absolute atomic E-state index is 13.2. The molecule has 182 valence electrons. The average Bonchev–Trinajstić information content (AvgIpc) is 2.83. The molecule has 2 rings (SSSR count). The Bertz CT molecular complexity index is 937. The van der Waals surface area contributed by atoms with E-state index in [1.54, 1.807) is 30.3 Å². The average molecular weight is 468 g/mol. The molecule has 0 unspecified atom stereocenters. The molecule has 0 saturated heterocycles. The molecule has 7 N–H and O–H groups in total. The van der Waals surface area contributed by atoms with E-state index in [1.165, 1.54) is 0 Å². The Morgan fingerprint density at radius 3 is 2.06 bits per heavy atom. The van der Waals surface area contributed by atoms with Crippen molar-refractivity contribution in [2.45, 2.75) is 44.2 Å². The van der Waals surface area contributed by atoms with Crippen LogP contribution < -0.4 is 27.4 Å². The third-order valence-corrected chi connectivity index (χ3v) is 5.19. The van der Waals surface area contributed by atoms with E-state index >= 15 is 0 Å². The maximum atomic E-state index is 13.2. The quantitative estimate of drug-likeness (QED) is 0.258. The molecule has 34 heavy (non-hydrogen) atoms. The highest BCUT2D eigenvalue weighted by Crippen LogP contribution is 2.08. The summed E-state index contributed by atoms with van der Waals surface area (Å²) < 4.78 is 0. The fourth-order valence-electron chi connectivity index (χ4n) is 3.36. The number of carbonyl (C=O) groups excluding carboxylic acids is 4. The zero-order valence-electron chi connectivity index (χ0n) is 19.2. The van der Waals surface area contributed by atoms with Crippen molar-refractivity contribution in [3.8, 4) is 0 Å². The van der Waals surface area contributed by atoms with E-state index < -0.39 is 29.8 Å². The lowest BCUT2D eigenvalue weighted by Crippen LogP contribution is -2.54. The minimum Gasteiger partial charge on any atom is -0.370 e. The lowest BCUT2D eigenvalue weighted by atomic mass is 10.0. The van der Waals surface area contributed by atoms with Crippen molar-refractivity contribution in [3.63, 3.8) is 0 Å². The monoisotopic (exact) mass is 467 g/mol. The van der Waals surface area contributed by atoms with Gasteiger partial charge in [0.05, 0.1) is 0 Å². The Morgan fingerprint density at radius 2 is 1.44 bits per heavy atom. The van der Waals surface area contributed by atoms with Crippen molar-refractivity contribution in [2.75, 3.05) is 13.1 Å². The topological polar surface area (TPSA) is 156 Å². The van der Waals surface area contributed by atoms with Crippen LogP contribution in [0.15, 0.2) is 60.7 Å². The number of benzene rings is 2. The molecule has 0 aromatic heterocycles. The molecule has 9 nitrogen and oxygen atoms in total. The second-order valence-corrected chi connectivity index (χ2v) is 7.93. The van der Waals surface area contributed by atoms with Crippen LogP contribution in [0.5, 0.6) is 0 Å². The van der Waals surface area contributed by atoms with Gasteiger partial charge in [-0.15, -0.1) is 0 Å². The predicted molar refractivity (Wildman–Crippen MR) is 129 cm³/mol. The largest absolute Gasteiger partial charge is 0.370 e. The van der Waals surface area contributed by atoms with Gasteiger partial charge in [-0.3, -0.25) is 19.2 Å². The Balaban J connectivity index is 2.14. The van der Waals surface area contributed by atoms with Crippen LogP contribution >= 0.6 is 0 Å². The van der Waals surface area contributed by atoms with Crippen LogP contribution in [0.2, 0.25) is 0 Å². The minimum atomic E-state index is -0.898. The third-order valence-electron chi connectivity index (χ3n) is 5.19. The lowest BCUT2D eigenvalue weighted by molar-refractivity contribution is -0.130. The Kier molecular flexibility index (Phi) is 11.3. The number of hydrogen-bond acceptors (Lipinski definition) is 5. The van der Waals surface area contributed by atoms with Gasteiger partial charge in [0.1, 0.15) is 12.1 Å². The van der Waals surface area contributed by atoms with Crippen molar-refractivity contribution in [1.82, 2.24) is 16.0 Å². The van der Waals surface area contributed by atoms with Crippen LogP contribution in [0.3, 0.4) is 0 Å². The maximum Gasteiger partial charge on any atom is 0.251 e. The van der Waals surface area contributed by atoms with E-state index in [4.69, 9.17) is 11.5 Å². The fraction of sp³-hybridized carbons (Fsp3) is 0.360. The molecule has 0 saturated carbocycles. The molecule has 0 aliphatic heterocycles. The number of carbonyl (C=O) groups is 4. The smallest absolute Gasteiger partial charge is 0.251 e. The molecule has 2 aromatic rings. The number of rotatable bonds is 14. The summed E-state index contributed by atoms with van der Waals surface area (Å²) in [5.74, 6) is -1.81. The molecule has 4 amide bonds. The number of nitrogens with two attached hydrogens (primary N) is 2. The van der Waals surface area contributed by atoms with Crippen LogP contribution in [0.1, 0.15) is 41.6 Å². The first-order chi connectivity index (χ1) is 16.4. The van der Waals surface area contributed by atoms with Crippen LogP contribution in [0.4, 0.5) is 0 Å². The first kappa shape index (κ1) is 26.5. The second-order valence-electron chi connectivity index (χ2n) is 7.93. The molecule has 0 aliphatic carbocycles. The molecular formula is C25H33N5O4. The molecule has 0 heterocycles. The zero-order valence-corrected chi connectivity index (χ0v) is 19.2. The predicted octanol–water partition coefficient (Wildman–Crippen LogP) is 0.633. The highest BCUT2D eigenvalue weighted by molar-refractivity contribution is 5.98. The van der Waals surface area contributed by atoms with Crippen LogP contribution in [-0.4, -0.2) is 48.8 Å². The van der Waals surface area contributed by atoms with E-state index in [9.17, 15) is 19.2 Å². The van der Waals surface area contributed by atoms with Gasteiger partial charge in [0.2, 0.25) is 17.7 Å². The van der Waals surface area contributed by atoms with Gasteiger partial charge in [0, 0.05) is 24.9 Å². The first-order valence-electron chi connectivity index (χ1n) is 11.4. The normalized spacial score (nSPS) is 12.3. The van der Waals surface area contributed by atoms with E-state index in [1.807, 2.05) is 30.3 Å². The molecule has 2 aromatic carbocycles. The highest BCUT2D eigenvalue weighted by Gasteiger charge is 2.27.